The highest BCUT2D eigenvalue weighted by molar-refractivity contribution is 5.82. The molecule has 1 aromatic carbocycles. The second kappa shape index (κ2) is 7.07. The number of hydrogen-bond acceptors (Lipinski definition) is 4. The highest BCUT2D eigenvalue weighted by atomic mass is 16.5. The third kappa shape index (κ3) is 3.24. The van der Waals surface area contributed by atoms with E-state index in [0.29, 0.717) is 12.5 Å². The Morgan fingerprint density at radius 2 is 1.83 bits per heavy atom. The van der Waals surface area contributed by atoms with Crippen LogP contribution >= 0.6 is 0 Å². The number of pyridine rings is 1. The lowest BCUT2D eigenvalue weighted by molar-refractivity contribution is 0.201. The van der Waals surface area contributed by atoms with Crippen molar-refractivity contribution in [1.29, 1.82) is 0 Å². The quantitative estimate of drug-likeness (QED) is 0.758. The van der Waals surface area contributed by atoms with Gasteiger partial charge < -0.3 is 9.47 Å². The highest BCUT2D eigenvalue weighted by Crippen LogP contribution is 2.33. The standard InChI is InChI=1S/C18H19N3O2/c1-22-11-10-15-17(14-8-9-16(23-2)19-12-14)18(21-20-15)13-6-4-3-5-7-13/h3-9,12H,10-11H2,1-2H3,(H,20,21). The molecule has 3 rings (SSSR count). The highest BCUT2D eigenvalue weighted by Gasteiger charge is 2.17. The molecule has 0 saturated heterocycles. The first-order valence-electron chi connectivity index (χ1n) is 7.45. The maximum atomic E-state index is 5.20. The molecule has 1 N–H and O–H groups in total. The number of nitrogens with zero attached hydrogens (tertiary/aromatic N) is 2. The van der Waals surface area contributed by atoms with Crippen LogP contribution in [-0.4, -0.2) is 36.0 Å². The Hall–Kier alpha value is -2.66. The van der Waals surface area contributed by atoms with Gasteiger partial charge in [-0.05, 0) is 6.07 Å². The van der Waals surface area contributed by atoms with Crippen LogP contribution in [0.1, 0.15) is 5.69 Å². The molecule has 23 heavy (non-hydrogen) atoms. The minimum atomic E-state index is 0.594. The van der Waals surface area contributed by atoms with Gasteiger partial charge in [0, 0.05) is 48.2 Å². The van der Waals surface area contributed by atoms with Gasteiger partial charge in [0.25, 0.3) is 0 Å². The number of benzene rings is 1. The molecule has 0 atom stereocenters. The van der Waals surface area contributed by atoms with Gasteiger partial charge in [0.2, 0.25) is 5.88 Å². The van der Waals surface area contributed by atoms with E-state index in [1.54, 1.807) is 14.2 Å². The number of rotatable bonds is 6. The SMILES string of the molecule is COCCc1[nH]nc(-c2ccccc2)c1-c1ccc(OC)nc1. The topological polar surface area (TPSA) is 60.0 Å². The van der Waals surface area contributed by atoms with Gasteiger partial charge in [0.1, 0.15) is 5.69 Å². The lowest BCUT2D eigenvalue weighted by Crippen LogP contribution is -1.97. The second-order valence-electron chi connectivity index (χ2n) is 5.12. The van der Waals surface area contributed by atoms with E-state index in [1.807, 2.05) is 36.5 Å². The van der Waals surface area contributed by atoms with Gasteiger partial charge in [-0.15, -0.1) is 0 Å². The van der Waals surface area contributed by atoms with E-state index in [4.69, 9.17) is 9.47 Å². The van der Waals surface area contributed by atoms with Gasteiger partial charge in [0.15, 0.2) is 0 Å². The molecule has 0 spiro atoms. The summed E-state index contributed by atoms with van der Waals surface area (Å²) >= 11 is 0. The third-order valence-corrected chi connectivity index (χ3v) is 3.68. The molecule has 0 aliphatic rings. The smallest absolute Gasteiger partial charge is 0.212 e. The van der Waals surface area contributed by atoms with Crippen molar-refractivity contribution in [3.05, 3.63) is 54.4 Å². The van der Waals surface area contributed by atoms with Gasteiger partial charge in [0.05, 0.1) is 13.7 Å². The predicted molar refractivity (Wildman–Crippen MR) is 89.4 cm³/mol. The predicted octanol–water partition coefficient (Wildman–Crippen LogP) is 3.34. The molecule has 0 radical (unpaired) electrons. The lowest BCUT2D eigenvalue weighted by Gasteiger charge is -2.07. The zero-order valence-corrected chi connectivity index (χ0v) is 13.2. The van der Waals surface area contributed by atoms with Gasteiger partial charge in [-0.1, -0.05) is 30.3 Å². The number of aromatic amines is 1. The monoisotopic (exact) mass is 309 g/mol. The van der Waals surface area contributed by atoms with Crippen molar-refractivity contribution in [3.8, 4) is 28.3 Å². The number of H-pyrrole nitrogens is 1. The molecule has 0 aliphatic heterocycles. The van der Waals surface area contributed by atoms with Crippen LogP contribution in [0.5, 0.6) is 5.88 Å². The van der Waals surface area contributed by atoms with Crippen LogP contribution in [0.15, 0.2) is 48.7 Å². The lowest BCUT2D eigenvalue weighted by atomic mass is 9.99. The zero-order valence-electron chi connectivity index (χ0n) is 13.2. The molecular formula is C18H19N3O2. The molecule has 0 aliphatic carbocycles. The van der Waals surface area contributed by atoms with E-state index in [1.165, 1.54) is 0 Å². The van der Waals surface area contributed by atoms with Crippen molar-refractivity contribution in [2.75, 3.05) is 20.8 Å². The third-order valence-electron chi connectivity index (χ3n) is 3.68. The van der Waals surface area contributed by atoms with Gasteiger partial charge in [-0.25, -0.2) is 4.98 Å². The molecule has 2 aromatic heterocycles. The minimum absolute atomic E-state index is 0.594. The number of methoxy groups -OCH3 is 2. The summed E-state index contributed by atoms with van der Waals surface area (Å²) in [6, 6.07) is 14.0. The summed E-state index contributed by atoms with van der Waals surface area (Å²) in [4.78, 5) is 4.31. The second-order valence-corrected chi connectivity index (χ2v) is 5.12. The normalized spacial score (nSPS) is 10.7. The maximum Gasteiger partial charge on any atom is 0.212 e. The van der Waals surface area contributed by atoms with Crippen molar-refractivity contribution in [3.63, 3.8) is 0 Å². The fourth-order valence-corrected chi connectivity index (χ4v) is 2.53. The van der Waals surface area contributed by atoms with Crippen molar-refractivity contribution in [1.82, 2.24) is 15.2 Å². The van der Waals surface area contributed by atoms with E-state index in [-0.39, 0.29) is 0 Å². The summed E-state index contributed by atoms with van der Waals surface area (Å²) < 4.78 is 10.3. The van der Waals surface area contributed by atoms with E-state index in [9.17, 15) is 0 Å². The molecule has 0 unspecified atom stereocenters. The molecule has 0 bridgehead atoms. The number of nitrogens with one attached hydrogen (secondary N) is 1. The van der Waals surface area contributed by atoms with Crippen molar-refractivity contribution in [2.45, 2.75) is 6.42 Å². The summed E-state index contributed by atoms with van der Waals surface area (Å²) in [5.74, 6) is 0.594. The average Bonchev–Trinajstić information content (AvgIpc) is 3.04. The van der Waals surface area contributed by atoms with Crippen molar-refractivity contribution >= 4 is 0 Å². The van der Waals surface area contributed by atoms with E-state index < -0.39 is 0 Å². The van der Waals surface area contributed by atoms with Gasteiger partial charge in [-0.2, -0.15) is 5.10 Å². The van der Waals surface area contributed by atoms with Crippen molar-refractivity contribution < 1.29 is 9.47 Å². The van der Waals surface area contributed by atoms with Crippen LogP contribution < -0.4 is 4.74 Å². The minimum Gasteiger partial charge on any atom is -0.481 e. The first-order chi connectivity index (χ1) is 11.3. The summed E-state index contributed by atoms with van der Waals surface area (Å²) in [7, 11) is 3.31. The van der Waals surface area contributed by atoms with Crippen LogP contribution in [0.25, 0.3) is 22.4 Å². The first kappa shape index (κ1) is 15.2. The Morgan fingerprint density at radius 1 is 1.00 bits per heavy atom. The maximum absolute atomic E-state index is 5.20. The molecule has 0 saturated carbocycles. The molecular weight excluding hydrogens is 290 g/mol. The summed E-state index contributed by atoms with van der Waals surface area (Å²) in [5, 5.41) is 7.66. The molecule has 0 fully saturated rings. The molecule has 5 heteroatoms. The van der Waals surface area contributed by atoms with Gasteiger partial charge in [-0.3, -0.25) is 5.10 Å². The Kier molecular flexibility index (Phi) is 4.68. The van der Waals surface area contributed by atoms with Crippen LogP contribution in [0.2, 0.25) is 0 Å². The zero-order chi connectivity index (χ0) is 16.1. The number of hydrogen-bond donors (Lipinski definition) is 1. The summed E-state index contributed by atoms with van der Waals surface area (Å²) in [5.41, 5.74) is 5.09. The first-order valence-corrected chi connectivity index (χ1v) is 7.45. The number of aromatic nitrogens is 3. The Labute approximate surface area is 135 Å². The van der Waals surface area contributed by atoms with E-state index >= 15 is 0 Å². The van der Waals surface area contributed by atoms with Gasteiger partial charge >= 0.3 is 0 Å². The largest absolute Gasteiger partial charge is 0.481 e. The Balaban J connectivity index is 2.08. The Bertz CT molecular complexity index is 752. The van der Waals surface area contributed by atoms with E-state index in [2.05, 4.69) is 27.3 Å². The summed E-state index contributed by atoms with van der Waals surface area (Å²) in [6.07, 6.45) is 2.57. The molecule has 3 aromatic rings. The van der Waals surface area contributed by atoms with Crippen molar-refractivity contribution in [2.24, 2.45) is 0 Å². The van der Waals surface area contributed by atoms with Crippen LogP contribution in [0.4, 0.5) is 0 Å². The fourth-order valence-electron chi connectivity index (χ4n) is 2.53. The van der Waals surface area contributed by atoms with Crippen LogP contribution in [0.3, 0.4) is 0 Å². The van der Waals surface area contributed by atoms with E-state index in [0.717, 1.165) is 34.5 Å². The number of ether oxygens (including phenoxy) is 2. The average molecular weight is 309 g/mol. The fraction of sp³-hybridized carbons (Fsp3) is 0.222. The molecule has 2 heterocycles. The molecule has 0 amide bonds. The van der Waals surface area contributed by atoms with Crippen LogP contribution in [0, 0.1) is 0 Å². The summed E-state index contributed by atoms with van der Waals surface area (Å²) in [6.45, 7) is 0.632. The Morgan fingerprint density at radius 3 is 2.48 bits per heavy atom. The molecule has 5 nitrogen and oxygen atoms in total. The molecule has 118 valence electrons. The van der Waals surface area contributed by atoms with Crippen LogP contribution in [-0.2, 0) is 11.2 Å².